The zero-order chi connectivity index (χ0) is 7.11. The smallest absolute Gasteiger partial charge is 0.00127 e. The molecule has 0 aromatic rings. The van der Waals surface area contributed by atoms with E-state index in [1.165, 1.54) is 6.42 Å². The largest absolute Gasteiger partial charge is 0.524 e. The molecular weight excluding hydrogens is 164 g/mol. The monoisotopic (exact) mass is 179 g/mol. The second-order valence-corrected chi connectivity index (χ2v) is 1.88. The van der Waals surface area contributed by atoms with Crippen LogP contribution in [0.5, 0.6) is 0 Å². The fourth-order valence-corrected chi connectivity index (χ4v) is 0.609. The van der Waals surface area contributed by atoms with Gasteiger partial charge in [-0.3, -0.25) is 0 Å². The van der Waals surface area contributed by atoms with Crippen molar-refractivity contribution >= 4 is 0 Å². The van der Waals surface area contributed by atoms with Gasteiger partial charge in [-0.1, -0.05) is 26.1 Å². The third kappa shape index (κ3) is 6.75. The first-order chi connectivity index (χ1) is 4.35. The molecule has 0 aromatic carbocycles. The summed E-state index contributed by atoms with van der Waals surface area (Å²) in [4.78, 5) is 0. The summed E-state index contributed by atoms with van der Waals surface area (Å²) in [5, 5.41) is 0. The molecule has 60 valence electrons. The molecule has 0 radical (unpaired) electrons. The first-order valence-corrected chi connectivity index (χ1v) is 3.29. The Kier molecular flexibility index (Phi) is 12.8. The minimum absolute atomic E-state index is 0. The second kappa shape index (κ2) is 9.63. The van der Waals surface area contributed by atoms with Crippen molar-refractivity contribution in [1.29, 1.82) is 0 Å². The van der Waals surface area contributed by atoms with Crippen molar-refractivity contribution in [3.05, 3.63) is 6.29 Å². The Labute approximate surface area is 78.2 Å². The Morgan fingerprint density at radius 2 is 1.70 bits per heavy atom. The number of hydrogen-bond acceptors (Lipinski definition) is 2. The predicted molar refractivity (Wildman–Crippen MR) is 36.8 cm³/mol. The Morgan fingerprint density at radius 3 is 2.00 bits per heavy atom. The molecular formula is C7H15O2Ti-. The van der Waals surface area contributed by atoms with Crippen molar-refractivity contribution in [2.24, 2.45) is 0 Å². The van der Waals surface area contributed by atoms with Gasteiger partial charge in [-0.2, -0.15) is 0 Å². The number of hydrogen-bond donors (Lipinski definition) is 0. The van der Waals surface area contributed by atoms with E-state index in [4.69, 9.17) is 9.47 Å². The van der Waals surface area contributed by atoms with E-state index in [0.29, 0.717) is 0 Å². The molecule has 0 aliphatic heterocycles. The molecule has 3 heteroatoms. The first-order valence-electron chi connectivity index (χ1n) is 3.29. The summed E-state index contributed by atoms with van der Waals surface area (Å²) in [5.74, 6) is 0. The zero-order valence-corrected chi connectivity index (χ0v) is 8.50. The molecule has 0 spiro atoms. The van der Waals surface area contributed by atoms with Crippen molar-refractivity contribution < 1.29 is 31.2 Å². The van der Waals surface area contributed by atoms with E-state index in [1.807, 2.05) is 0 Å². The van der Waals surface area contributed by atoms with Crippen LogP contribution in [0, 0.1) is 6.29 Å². The quantitative estimate of drug-likeness (QED) is 0.474. The van der Waals surface area contributed by atoms with Gasteiger partial charge in [-0.05, 0) is 0 Å². The van der Waals surface area contributed by atoms with Gasteiger partial charge in [0.2, 0.25) is 0 Å². The van der Waals surface area contributed by atoms with Crippen LogP contribution in [0.25, 0.3) is 0 Å². The summed E-state index contributed by atoms with van der Waals surface area (Å²) >= 11 is 0. The minimum Gasteiger partial charge on any atom is -0.524 e. The first kappa shape index (κ1) is 13.2. The normalized spacial score (nSPS) is 9.60. The number of ether oxygens (including phenoxy) is 2. The molecule has 0 atom stereocenters. The summed E-state index contributed by atoms with van der Waals surface area (Å²) in [6, 6.07) is 0. The van der Waals surface area contributed by atoms with Gasteiger partial charge in [0, 0.05) is 35.9 Å². The number of rotatable bonds is 5. The molecule has 0 rings (SSSR count). The van der Waals surface area contributed by atoms with Gasteiger partial charge in [-0.25, -0.2) is 0 Å². The van der Waals surface area contributed by atoms with Crippen LogP contribution in [0.15, 0.2) is 0 Å². The fraction of sp³-hybridized carbons (Fsp3) is 0.857. The van der Waals surface area contributed by atoms with Crippen LogP contribution in [0.4, 0.5) is 0 Å². The molecule has 0 aromatic heterocycles. The molecule has 0 saturated heterocycles. The van der Waals surface area contributed by atoms with Crippen molar-refractivity contribution in [1.82, 2.24) is 0 Å². The maximum atomic E-state index is 4.90. The Balaban J connectivity index is 0. The standard InChI is InChI=1S/C7H15O2.Ti/c1-4-5-6-7(8-2)9-3;/h4-6H2,1-3H3;/q-1;. The van der Waals surface area contributed by atoms with E-state index in [0.717, 1.165) is 19.1 Å². The molecule has 0 aliphatic carbocycles. The summed E-state index contributed by atoms with van der Waals surface area (Å²) in [5.41, 5.74) is 0. The maximum Gasteiger partial charge on any atom is 0.00127 e. The Morgan fingerprint density at radius 1 is 1.20 bits per heavy atom. The van der Waals surface area contributed by atoms with Crippen LogP contribution in [-0.4, -0.2) is 14.2 Å². The van der Waals surface area contributed by atoms with Crippen molar-refractivity contribution in [3.8, 4) is 0 Å². The fourth-order valence-electron chi connectivity index (χ4n) is 0.609. The topological polar surface area (TPSA) is 18.5 Å². The van der Waals surface area contributed by atoms with E-state index in [1.54, 1.807) is 14.2 Å². The molecule has 0 fully saturated rings. The molecule has 0 amide bonds. The molecule has 0 aliphatic rings. The van der Waals surface area contributed by atoms with E-state index < -0.39 is 0 Å². The van der Waals surface area contributed by atoms with E-state index >= 15 is 0 Å². The maximum absolute atomic E-state index is 4.90. The van der Waals surface area contributed by atoms with Gasteiger partial charge < -0.3 is 9.47 Å². The van der Waals surface area contributed by atoms with Crippen LogP contribution < -0.4 is 0 Å². The van der Waals surface area contributed by atoms with Crippen molar-refractivity contribution in [2.75, 3.05) is 14.2 Å². The molecule has 0 bridgehead atoms. The average molecular weight is 179 g/mol. The van der Waals surface area contributed by atoms with Gasteiger partial charge in [0.15, 0.2) is 0 Å². The molecule has 0 unspecified atom stereocenters. The third-order valence-electron chi connectivity index (χ3n) is 1.19. The van der Waals surface area contributed by atoms with Crippen LogP contribution in [0.2, 0.25) is 0 Å². The van der Waals surface area contributed by atoms with E-state index in [2.05, 4.69) is 6.92 Å². The summed E-state index contributed by atoms with van der Waals surface area (Å²) in [6.07, 6.45) is 3.97. The molecule has 0 N–H and O–H groups in total. The molecule has 0 heterocycles. The van der Waals surface area contributed by atoms with Crippen molar-refractivity contribution in [2.45, 2.75) is 26.2 Å². The van der Waals surface area contributed by atoms with Gasteiger partial charge in [0.25, 0.3) is 0 Å². The van der Waals surface area contributed by atoms with Crippen molar-refractivity contribution in [3.63, 3.8) is 0 Å². The Hall–Kier alpha value is 0.634. The number of methoxy groups -OCH3 is 2. The zero-order valence-electron chi connectivity index (χ0n) is 6.94. The molecule has 2 nitrogen and oxygen atoms in total. The predicted octanol–water partition coefficient (Wildman–Crippen LogP) is 1.96. The molecule has 0 saturated carbocycles. The van der Waals surface area contributed by atoms with Gasteiger partial charge >= 0.3 is 0 Å². The molecule has 10 heavy (non-hydrogen) atoms. The SMILES string of the molecule is CCCC[C-](OC)OC.[Ti]. The number of unbranched alkanes of at least 4 members (excludes halogenated alkanes) is 1. The van der Waals surface area contributed by atoms with Gasteiger partial charge in [0.05, 0.1) is 0 Å². The summed E-state index contributed by atoms with van der Waals surface area (Å²) in [6.45, 7) is 2.14. The second-order valence-electron chi connectivity index (χ2n) is 1.88. The Bertz CT molecular complexity index is 55.6. The average Bonchev–Trinajstić information content (AvgIpc) is 1.91. The summed E-state index contributed by atoms with van der Waals surface area (Å²) < 4.78 is 9.79. The van der Waals surface area contributed by atoms with Crippen LogP contribution >= 0.6 is 0 Å². The summed E-state index contributed by atoms with van der Waals surface area (Å²) in [7, 11) is 3.27. The minimum atomic E-state index is 0. The van der Waals surface area contributed by atoms with Crippen LogP contribution in [0.1, 0.15) is 26.2 Å². The van der Waals surface area contributed by atoms with Gasteiger partial charge in [-0.15, -0.1) is 6.42 Å². The van der Waals surface area contributed by atoms with Crippen LogP contribution in [-0.2, 0) is 31.2 Å². The van der Waals surface area contributed by atoms with E-state index in [-0.39, 0.29) is 21.7 Å². The van der Waals surface area contributed by atoms with Crippen LogP contribution in [0.3, 0.4) is 0 Å². The van der Waals surface area contributed by atoms with E-state index in [9.17, 15) is 0 Å². The third-order valence-corrected chi connectivity index (χ3v) is 1.19. The van der Waals surface area contributed by atoms with Gasteiger partial charge in [0.1, 0.15) is 0 Å².